The zero-order valence-electron chi connectivity index (χ0n) is 11.0. The molecular weight excluding hydrogens is 246 g/mol. The van der Waals surface area contributed by atoms with E-state index in [0.717, 1.165) is 0 Å². The van der Waals surface area contributed by atoms with Gasteiger partial charge in [-0.1, -0.05) is 0 Å². The summed E-state index contributed by atoms with van der Waals surface area (Å²) in [5, 5.41) is 6.80. The van der Waals surface area contributed by atoms with Crippen molar-refractivity contribution in [3.05, 3.63) is 36.0 Å². The van der Waals surface area contributed by atoms with E-state index >= 15 is 0 Å². The fraction of sp³-hybridized carbons (Fsp3) is 0.333. The molecule has 7 nitrogen and oxygen atoms in total. The molecule has 2 aromatic rings. The second-order valence-electron chi connectivity index (χ2n) is 4.03. The van der Waals surface area contributed by atoms with E-state index < -0.39 is 0 Å². The van der Waals surface area contributed by atoms with E-state index in [0.29, 0.717) is 17.3 Å². The van der Waals surface area contributed by atoms with Crippen LogP contribution < -0.4 is 10.1 Å². The normalized spacial score (nSPS) is 11.9. The Kier molecular flexibility index (Phi) is 3.74. The first kappa shape index (κ1) is 13.0. The van der Waals surface area contributed by atoms with E-state index in [2.05, 4.69) is 20.4 Å². The van der Waals surface area contributed by atoms with Crippen molar-refractivity contribution in [3.63, 3.8) is 0 Å². The molecule has 1 N–H and O–H groups in total. The van der Waals surface area contributed by atoms with Crippen molar-refractivity contribution in [2.24, 2.45) is 7.05 Å². The van der Waals surface area contributed by atoms with Crippen molar-refractivity contribution < 1.29 is 9.53 Å². The fourth-order valence-electron chi connectivity index (χ4n) is 1.68. The summed E-state index contributed by atoms with van der Waals surface area (Å²) in [6.07, 6.45) is 2.92. The smallest absolute Gasteiger partial charge is 0.253 e. The number of aromatic nitrogens is 4. The highest BCUT2D eigenvalue weighted by molar-refractivity contribution is 5.94. The van der Waals surface area contributed by atoms with Crippen LogP contribution in [0.25, 0.3) is 0 Å². The Morgan fingerprint density at radius 3 is 2.74 bits per heavy atom. The Morgan fingerprint density at radius 1 is 1.42 bits per heavy atom. The molecule has 0 aliphatic heterocycles. The topological polar surface area (TPSA) is 81.9 Å². The largest absolute Gasteiger partial charge is 0.481 e. The average Bonchev–Trinajstić information content (AvgIpc) is 2.85. The zero-order chi connectivity index (χ0) is 13.8. The van der Waals surface area contributed by atoms with Crippen LogP contribution in [0.3, 0.4) is 0 Å². The van der Waals surface area contributed by atoms with Gasteiger partial charge in [0.25, 0.3) is 5.91 Å². The minimum absolute atomic E-state index is 0.217. The predicted octanol–water partition coefficient (Wildman–Crippen LogP) is 0.710. The van der Waals surface area contributed by atoms with Crippen LogP contribution >= 0.6 is 0 Å². The molecule has 100 valence electrons. The third kappa shape index (κ3) is 2.87. The molecule has 1 amide bonds. The van der Waals surface area contributed by atoms with Crippen molar-refractivity contribution in [1.29, 1.82) is 0 Å². The first-order chi connectivity index (χ1) is 9.11. The lowest BCUT2D eigenvalue weighted by Crippen LogP contribution is -2.28. The molecular formula is C12H15N5O2. The molecule has 2 aromatic heterocycles. The molecule has 0 aliphatic carbocycles. The second kappa shape index (κ2) is 5.47. The molecule has 7 heteroatoms. The Bertz CT molecular complexity index is 564. The number of carbonyl (C=O) groups excluding carboxylic acids is 1. The Labute approximate surface area is 110 Å². The molecule has 1 unspecified atom stereocenters. The van der Waals surface area contributed by atoms with Crippen molar-refractivity contribution in [2.45, 2.75) is 13.0 Å². The van der Waals surface area contributed by atoms with Crippen LogP contribution in [0.15, 0.2) is 24.7 Å². The lowest BCUT2D eigenvalue weighted by molar-refractivity contribution is 0.0937. The minimum Gasteiger partial charge on any atom is -0.481 e. The predicted molar refractivity (Wildman–Crippen MR) is 67.7 cm³/mol. The first-order valence-electron chi connectivity index (χ1n) is 5.76. The molecule has 0 saturated carbocycles. The van der Waals surface area contributed by atoms with Gasteiger partial charge in [-0.2, -0.15) is 5.10 Å². The lowest BCUT2D eigenvalue weighted by atomic mass is 10.2. The van der Waals surface area contributed by atoms with Crippen molar-refractivity contribution in [2.75, 3.05) is 7.11 Å². The Balaban J connectivity index is 2.06. The number of aryl methyl sites for hydroxylation is 1. The molecule has 0 radical (unpaired) electrons. The van der Waals surface area contributed by atoms with Crippen molar-refractivity contribution >= 4 is 5.91 Å². The average molecular weight is 261 g/mol. The highest BCUT2D eigenvalue weighted by atomic mass is 16.5. The van der Waals surface area contributed by atoms with E-state index in [4.69, 9.17) is 4.74 Å². The van der Waals surface area contributed by atoms with E-state index in [-0.39, 0.29) is 11.9 Å². The molecule has 2 heterocycles. The summed E-state index contributed by atoms with van der Waals surface area (Å²) in [5.74, 6) is 0.943. The summed E-state index contributed by atoms with van der Waals surface area (Å²) in [6, 6.07) is 3.06. The third-order valence-electron chi connectivity index (χ3n) is 2.69. The van der Waals surface area contributed by atoms with Crippen LogP contribution in [0.5, 0.6) is 5.88 Å². The molecule has 1 atom stereocenters. The summed E-state index contributed by atoms with van der Waals surface area (Å²) in [6.45, 7) is 1.85. The number of methoxy groups -OCH3 is 1. The van der Waals surface area contributed by atoms with Gasteiger partial charge in [-0.05, 0) is 13.0 Å². The quantitative estimate of drug-likeness (QED) is 0.876. The monoisotopic (exact) mass is 261 g/mol. The van der Waals surface area contributed by atoms with Crippen LogP contribution in [0.4, 0.5) is 0 Å². The summed E-state index contributed by atoms with van der Waals surface area (Å²) in [5.41, 5.74) is 0.467. The van der Waals surface area contributed by atoms with Gasteiger partial charge in [-0.25, -0.2) is 9.97 Å². The molecule has 0 saturated heterocycles. The maximum atomic E-state index is 12.0. The van der Waals surface area contributed by atoms with Gasteiger partial charge in [-0.3, -0.25) is 9.48 Å². The molecule has 0 aromatic carbocycles. The van der Waals surface area contributed by atoms with Gasteiger partial charge in [-0.15, -0.1) is 0 Å². The van der Waals surface area contributed by atoms with E-state index in [1.54, 1.807) is 23.9 Å². The van der Waals surface area contributed by atoms with Gasteiger partial charge in [0.2, 0.25) is 5.88 Å². The van der Waals surface area contributed by atoms with Gasteiger partial charge >= 0.3 is 0 Å². The van der Waals surface area contributed by atoms with E-state index in [1.165, 1.54) is 19.6 Å². The molecule has 2 rings (SSSR count). The maximum absolute atomic E-state index is 12.0. The summed E-state index contributed by atoms with van der Waals surface area (Å²) < 4.78 is 6.56. The number of nitrogens with one attached hydrogen (secondary N) is 1. The van der Waals surface area contributed by atoms with Gasteiger partial charge in [0.15, 0.2) is 0 Å². The number of rotatable bonds is 4. The standard InChI is InChI=1S/C12H15N5O2/c1-8(11-14-7-15-17(11)2)16-12(18)9-4-5-10(19-3)13-6-9/h4-8H,1-3H3,(H,16,18). The highest BCUT2D eigenvalue weighted by Gasteiger charge is 2.15. The van der Waals surface area contributed by atoms with Crippen molar-refractivity contribution in [1.82, 2.24) is 25.1 Å². The first-order valence-corrected chi connectivity index (χ1v) is 5.76. The van der Waals surface area contributed by atoms with Crippen LogP contribution in [0, 0.1) is 0 Å². The number of ether oxygens (including phenoxy) is 1. The number of hydrogen-bond acceptors (Lipinski definition) is 5. The van der Waals surface area contributed by atoms with Crippen LogP contribution in [0.2, 0.25) is 0 Å². The second-order valence-corrected chi connectivity index (χ2v) is 4.03. The molecule has 0 bridgehead atoms. The summed E-state index contributed by atoms with van der Waals surface area (Å²) in [4.78, 5) is 20.1. The summed E-state index contributed by atoms with van der Waals surface area (Å²) in [7, 11) is 3.30. The molecule has 19 heavy (non-hydrogen) atoms. The molecule has 0 fully saturated rings. The van der Waals surface area contributed by atoms with Gasteiger partial charge in [0.05, 0.1) is 18.7 Å². The fourth-order valence-corrected chi connectivity index (χ4v) is 1.68. The SMILES string of the molecule is COc1ccc(C(=O)NC(C)c2ncnn2C)cn1. The number of nitrogens with zero attached hydrogens (tertiary/aromatic N) is 4. The number of amides is 1. The Hall–Kier alpha value is -2.44. The van der Waals surface area contributed by atoms with E-state index in [9.17, 15) is 4.79 Å². The molecule has 0 spiro atoms. The molecule has 0 aliphatic rings. The highest BCUT2D eigenvalue weighted by Crippen LogP contribution is 2.10. The van der Waals surface area contributed by atoms with Gasteiger partial charge in [0, 0.05) is 19.3 Å². The Morgan fingerprint density at radius 2 is 2.21 bits per heavy atom. The summed E-state index contributed by atoms with van der Waals surface area (Å²) >= 11 is 0. The van der Waals surface area contributed by atoms with Crippen molar-refractivity contribution in [3.8, 4) is 5.88 Å². The van der Waals surface area contributed by atoms with E-state index in [1.807, 2.05) is 6.92 Å². The number of carbonyl (C=O) groups is 1. The third-order valence-corrected chi connectivity index (χ3v) is 2.69. The van der Waals surface area contributed by atoms with Gasteiger partial charge < -0.3 is 10.1 Å². The van der Waals surface area contributed by atoms with Crippen LogP contribution in [0.1, 0.15) is 29.1 Å². The number of pyridine rings is 1. The number of hydrogen-bond donors (Lipinski definition) is 1. The lowest BCUT2D eigenvalue weighted by Gasteiger charge is -2.12. The van der Waals surface area contributed by atoms with Gasteiger partial charge in [0.1, 0.15) is 12.2 Å². The van der Waals surface area contributed by atoms with Crippen LogP contribution in [-0.2, 0) is 7.05 Å². The maximum Gasteiger partial charge on any atom is 0.253 e. The van der Waals surface area contributed by atoms with Crippen LogP contribution in [-0.4, -0.2) is 32.8 Å². The zero-order valence-corrected chi connectivity index (χ0v) is 11.0. The minimum atomic E-state index is -0.234.